The number of hydrogen-bond donors (Lipinski definition) is 2. The Labute approximate surface area is 172 Å². The maximum absolute atomic E-state index is 12.5. The summed E-state index contributed by atoms with van der Waals surface area (Å²) in [6, 6.07) is 12.9. The number of pyridine rings is 1. The van der Waals surface area contributed by atoms with Crippen molar-refractivity contribution in [2.75, 3.05) is 20.8 Å². The lowest BCUT2D eigenvalue weighted by molar-refractivity contribution is -0.124. The summed E-state index contributed by atoms with van der Waals surface area (Å²) in [6.45, 7) is 1.29. The molecule has 0 radical (unpaired) electrons. The minimum Gasteiger partial charge on any atom is -0.497 e. The number of carbonyl (C=O) groups is 2. The zero-order valence-corrected chi connectivity index (χ0v) is 16.9. The average molecular weight is 410 g/mol. The number of H-pyrrole nitrogens is 1. The van der Waals surface area contributed by atoms with Crippen LogP contribution in [0.15, 0.2) is 53.3 Å². The summed E-state index contributed by atoms with van der Waals surface area (Å²) in [4.78, 5) is 39.2. The fourth-order valence-electron chi connectivity index (χ4n) is 3.12. The molecule has 1 heterocycles. The third kappa shape index (κ3) is 4.60. The second-order valence-corrected chi connectivity index (χ2v) is 6.57. The molecule has 0 fully saturated rings. The molecule has 1 atom stereocenters. The van der Waals surface area contributed by atoms with Gasteiger partial charge >= 0.3 is 5.97 Å². The van der Waals surface area contributed by atoms with Crippen LogP contribution in [0.5, 0.6) is 11.5 Å². The van der Waals surface area contributed by atoms with Gasteiger partial charge in [-0.25, -0.2) is 4.79 Å². The number of benzene rings is 2. The lowest BCUT2D eigenvalue weighted by atomic mass is 10.1. The maximum atomic E-state index is 12.5. The molecule has 0 aliphatic carbocycles. The number of aromatic nitrogens is 1. The van der Waals surface area contributed by atoms with Crippen LogP contribution in [-0.2, 0) is 9.53 Å². The molecule has 0 unspecified atom stereocenters. The van der Waals surface area contributed by atoms with Gasteiger partial charge in [0.2, 0.25) is 5.56 Å². The average Bonchev–Trinajstić information content (AvgIpc) is 2.76. The van der Waals surface area contributed by atoms with E-state index in [9.17, 15) is 14.4 Å². The number of aromatic amines is 1. The van der Waals surface area contributed by atoms with Crippen molar-refractivity contribution in [3.05, 3.63) is 70.0 Å². The molecule has 2 N–H and O–H groups in total. The van der Waals surface area contributed by atoms with Crippen LogP contribution < -0.4 is 20.3 Å². The summed E-state index contributed by atoms with van der Waals surface area (Å²) in [5, 5.41) is 3.30. The molecule has 1 amide bonds. The number of fused-ring (bicyclic) bond motifs is 1. The SMILES string of the molecule is COc1ccc(OC)c([C@H](C)NC(=O)COC(=O)c2cc(=O)[nH]c3ccccc23)c1. The number of methoxy groups -OCH3 is 2. The molecule has 0 spiro atoms. The quantitative estimate of drug-likeness (QED) is 0.580. The van der Waals surface area contributed by atoms with Gasteiger partial charge in [0, 0.05) is 22.5 Å². The van der Waals surface area contributed by atoms with Gasteiger partial charge in [0.25, 0.3) is 5.91 Å². The molecule has 8 heteroatoms. The number of rotatable bonds is 7. The van der Waals surface area contributed by atoms with E-state index in [2.05, 4.69) is 10.3 Å². The van der Waals surface area contributed by atoms with Gasteiger partial charge in [0.05, 0.1) is 25.8 Å². The number of ether oxygens (including phenoxy) is 3. The van der Waals surface area contributed by atoms with Crippen molar-refractivity contribution in [2.24, 2.45) is 0 Å². The zero-order valence-electron chi connectivity index (χ0n) is 16.9. The Morgan fingerprint density at radius 2 is 1.83 bits per heavy atom. The number of carbonyl (C=O) groups excluding carboxylic acids is 2. The molecule has 0 aliphatic rings. The van der Waals surface area contributed by atoms with E-state index < -0.39 is 30.1 Å². The summed E-state index contributed by atoms with van der Waals surface area (Å²) >= 11 is 0. The van der Waals surface area contributed by atoms with E-state index in [0.29, 0.717) is 22.4 Å². The Balaban J connectivity index is 1.68. The first-order valence-electron chi connectivity index (χ1n) is 9.23. The lowest BCUT2D eigenvalue weighted by Crippen LogP contribution is -2.31. The predicted octanol–water partition coefficient (Wildman–Crippen LogP) is 2.58. The topological polar surface area (TPSA) is 107 Å². The van der Waals surface area contributed by atoms with Gasteiger partial charge in [-0.05, 0) is 31.2 Å². The van der Waals surface area contributed by atoms with Crippen molar-refractivity contribution in [3.8, 4) is 11.5 Å². The fourth-order valence-corrected chi connectivity index (χ4v) is 3.12. The second-order valence-electron chi connectivity index (χ2n) is 6.57. The Kier molecular flexibility index (Phi) is 6.36. The minimum atomic E-state index is -0.751. The Hall–Kier alpha value is -3.81. The van der Waals surface area contributed by atoms with Crippen LogP contribution in [0.2, 0.25) is 0 Å². The molecule has 3 aromatic rings. The standard InChI is InChI=1S/C22H22N2O6/c1-13(16-10-14(28-2)8-9-19(16)29-3)23-21(26)12-30-22(27)17-11-20(25)24-18-7-5-4-6-15(17)18/h4-11,13H,12H2,1-3H3,(H,23,26)(H,24,25)/t13-/m0/s1. The highest BCUT2D eigenvalue weighted by Gasteiger charge is 2.18. The predicted molar refractivity (Wildman–Crippen MR) is 111 cm³/mol. The summed E-state index contributed by atoms with van der Waals surface area (Å²) in [5.41, 5.74) is 0.908. The van der Waals surface area contributed by atoms with E-state index in [-0.39, 0.29) is 5.56 Å². The third-order valence-corrected chi connectivity index (χ3v) is 4.59. The van der Waals surface area contributed by atoms with Crippen LogP contribution in [0.4, 0.5) is 0 Å². The fraction of sp³-hybridized carbons (Fsp3) is 0.227. The highest BCUT2D eigenvalue weighted by molar-refractivity contribution is 6.03. The number of amides is 1. The first-order chi connectivity index (χ1) is 14.4. The summed E-state index contributed by atoms with van der Waals surface area (Å²) < 4.78 is 15.7. The molecular formula is C22H22N2O6. The third-order valence-electron chi connectivity index (χ3n) is 4.59. The van der Waals surface area contributed by atoms with E-state index in [1.165, 1.54) is 7.11 Å². The van der Waals surface area contributed by atoms with E-state index >= 15 is 0 Å². The molecule has 2 aromatic carbocycles. The van der Waals surface area contributed by atoms with Crippen molar-refractivity contribution in [2.45, 2.75) is 13.0 Å². The number of hydrogen-bond acceptors (Lipinski definition) is 6. The van der Waals surface area contributed by atoms with E-state index in [1.807, 2.05) is 0 Å². The van der Waals surface area contributed by atoms with Gasteiger partial charge in [-0.2, -0.15) is 0 Å². The molecule has 0 bridgehead atoms. The number of para-hydroxylation sites is 1. The van der Waals surface area contributed by atoms with Crippen molar-refractivity contribution in [3.63, 3.8) is 0 Å². The highest BCUT2D eigenvalue weighted by Crippen LogP contribution is 2.29. The smallest absolute Gasteiger partial charge is 0.339 e. The molecule has 3 rings (SSSR count). The number of nitrogens with one attached hydrogen (secondary N) is 2. The van der Waals surface area contributed by atoms with Gasteiger partial charge in [0.1, 0.15) is 11.5 Å². The highest BCUT2D eigenvalue weighted by atomic mass is 16.5. The molecule has 1 aromatic heterocycles. The molecule has 0 saturated carbocycles. The van der Waals surface area contributed by atoms with Crippen LogP contribution in [0, 0.1) is 0 Å². The van der Waals surface area contributed by atoms with Gasteiger partial charge in [-0.1, -0.05) is 18.2 Å². The molecular weight excluding hydrogens is 388 g/mol. The van der Waals surface area contributed by atoms with Crippen LogP contribution in [0.25, 0.3) is 10.9 Å². The molecule has 0 saturated heterocycles. The molecule has 30 heavy (non-hydrogen) atoms. The summed E-state index contributed by atoms with van der Waals surface area (Å²) in [5.74, 6) is -0.0241. The second kappa shape index (κ2) is 9.13. The molecule has 8 nitrogen and oxygen atoms in total. The first-order valence-corrected chi connectivity index (χ1v) is 9.23. The van der Waals surface area contributed by atoms with Crippen LogP contribution in [-0.4, -0.2) is 37.7 Å². The number of esters is 1. The van der Waals surface area contributed by atoms with Crippen LogP contribution in [0.3, 0.4) is 0 Å². The van der Waals surface area contributed by atoms with E-state index in [4.69, 9.17) is 14.2 Å². The van der Waals surface area contributed by atoms with Crippen molar-refractivity contribution in [1.82, 2.24) is 10.3 Å². The summed E-state index contributed by atoms with van der Waals surface area (Å²) in [6.07, 6.45) is 0. The monoisotopic (exact) mass is 410 g/mol. The largest absolute Gasteiger partial charge is 0.497 e. The maximum Gasteiger partial charge on any atom is 0.339 e. The molecule has 0 aliphatic heterocycles. The minimum absolute atomic E-state index is 0.102. The zero-order chi connectivity index (χ0) is 21.7. The van der Waals surface area contributed by atoms with Gasteiger partial charge in [0.15, 0.2) is 6.61 Å². The van der Waals surface area contributed by atoms with E-state index in [0.717, 1.165) is 11.6 Å². The summed E-state index contributed by atoms with van der Waals surface area (Å²) in [7, 11) is 3.08. The van der Waals surface area contributed by atoms with Crippen molar-refractivity contribution < 1.29 is 23.8 Å². The normalized spacial score (nSPS) is 11.6. The Bertz CT molecular complexity index is 1140. The van der Waals surface area contributed by atoms with Crippen molar-refractivity contribution in [1.29, 1.82) is 0 Å². The van der Waals surface area contributed by atoms with E-state index in [1.54, 1.807) is 56.5 Å². The first kappa shape index (κ1) is 20.9. The van der Waals surface area contributed by atoms with Crippen LogP contribution >= 0.6 is 0 Å². The van der Waals surface area contributed by atoms with Crippen LogP contribution in [0.1, 0.15) is 28.9 Å². The molecule has 156 valence electrons. The Morgan fingerprint density at radius 3 is 2.57 bits per heavy atom. The van der Waals surface area contributed by atoms with Gasteiger partial charge in [-0.15, -0.1) is 0 Å². The van der Waals surface area contributed by atoms with Crippen molar-refractivity contribution >= 4 is 22.8 Å². The van der Waals surface area contributed by atoms with Gasteiger partial charge in [-0.3, -0.25) is 9.59 Å². The van der Waals surface area contributed by atoms with Gasteiger partial charge < -0.3 is 24.5 Å². The lowest BCUT2D eigenvalue weighted by Gasteiger charge is -2.18. The Morgan fingerprint density at radius 1 is 1.07 bits per heavy atom.